The van der Waals surface area contributed by atoms with Gasteiger partial charge in [0.2, 0.25) is 0 Å². The number of aryl methyl sites for hydroxylation is 1. The molecule has 17 heavy (non-hydrogen) atoms. The molecule has 0 fully saturated rings. The standard InChI is InChI=1S/C13H18N2O2/c1-10-3-4-12(17-10)8-15(2)13(7-14)11-5-6-16-9-11/h3-6,9,13H,7-8,14H2,1-2H3. The molecule has 2 N–H and O–H groups in total. The van der Waals surface area contributed by atoms with E-state index in [0.29, 0.717) is 6.54 Å². The number of hydrogen-bond donors (Lipinski definition) is 1. The van der Waals surface area contributed by atoms with Gasteiger partial charge in [0, 0.05) is 12.1 Å². The smallest absolute Gasteiger partial charge is 0.118 e. The summed E-state index contributed by atoms with van der Waals surface area (Å²) in [7, 11) is 2.03. The van der Waals surface area contributed by atoms with Crippen molar-refractivity contribution >= 4 is 0 Å². The van der Waals surface area contributed by atoms with Crippen LogP contribution in [0.1, 0.15) is 23.1 Å². The van der Waals surface area contributed by atoms with Crippen LogP contribution in [0.2, 0.25) is 0 Å². The average molecular weight is 234 g/mol. The lowest BCUT2D eigenvalue weighted by Gasteiger charge is -2.25. The summed E-state index contributed by atoms with van der Waals surface area (Å²) < 4.78 is 10.7. The number of nitrogens with zero attached hydrogens (tertiary/aromatic N) is 1. The Morgan fingerprint density at radius 2 is 2.18 bits per heavy atom. The summed E-state index contributed by atoms with van der Waals surface area (Å²) in [4.78, 5) is 2.16. The fraction of sp³-hybridized carbons (Fsp3) is 0.385. The van der Waals surface area contributed by atoms with Gasteiger partial charge in [-0.05, 0) is 32.2 Å². The molecule has 0 aromatic carbocycles. The second-order valence-electron chi connectivity index (χ2n) is 4.24. The van der Waals surface area contributed by atoms with Crippen LogP contribution < -0.4 is 5.73 Å². The quantitative estimate of drug-likeness (QED) is 0.862. The molecule has 0 bridgehead atoms. The van der Waals surface area contributed by atoms with Gasteiger partial charge in [-0.25, -0.2) is 0 Å². The highest BCUT2D eigenvalue weighted by Gasteiger charge is 2.17. The maximum atomic E-state index is 5.81. The maximum Gasteiger partial charge on any atom is 0.118 e. The van der Waals surface area contributed by atoms with Gasteiger partial charge in [-0.1, -0.05) is 0 Å². The van der Waals surface area contributed by atoms with Crippen LogP contribution >= 0.6 is 0 Å². The molecule has 0 aliphatic rings. The summed E-state index contributed by atoms with van der Waals surface area (Å²) in [6.45, 7) is 3.23. The van der Waals surface area contributed by atoms with Crippen LogP contribution in [0.4, 0.5) is 0 Å². The van der Waals surface area contributed by atoms with Crippen LogP contribution in [-0.2, 0) is 6.54 Å². The molecular formula is C13H18N2O2. The van der Waals surface area contributed by atoms with E-state index < -0.39 is 0 Å². The molecule has 0 amide bonds. The highest BCUT2D eigenvalue weighted by Crippen LogP contribution is 2.21. The monoisotopic (exact) mass is 234 g/mol. The van der Waals surface area contributed by atoms with E-state index in [-0.39, 0.29) is 6.04 Å². The summed E-state index contributed by atoms with van der Waals surface area (Å²) >= 11 is 0. The first-order valence-electron chi connectivity index (χ1n) is 5.68. The summed E-state index contributed by atoms with van der Waals surface area (Å²) in [5.74, 6) is 1.88. The predicted octanol–water partition coefficient (Wildman–Crippen LogP) is 2.31. The minimum atomic E-state index is 0.152. The first-order chi connectivity index (χ1) is 8.20. The van der Waals surface area contributed by atoms with Crippen molar-refractivity contribution in [2.24, 2.45) is 5.73 Å². The molecule has 0 radical (unpaired) electrons. The van der Waals surface area contributed by atoms with Crippen molar-refractivity contribution in [3.8, 4) is 0 Å². The molecule has 0 aliphatic heterocycles. The van der Waals surface area contributed by atoms with Gasteiger partial charge in [-0.3, -0.25) is 4.90 Å². The summed E-state index contributed by atoms with van der Waals surface area (Å²) in [5.41, 5.74) is 6.91. The van der Waals surface area contributed by atoms with Crippen molar-refractivity contribution in [3.63, 3.8) is 0 Å². The fourth-order valence-electron chi connectivity index (χ4n) is 1.96. The number of rotatable bonds is 5. The Labute approximate surface area is 101 Å². The molecule has 0 aliphatic carbocycles. The molecule has 0 saturated carbocycles. The second-order valence-corrected chi connectivity index (χ2v) is 4.24. The Balaban J connectivity index is 2.05. The Kier molecular flexibility index (Phi) is 3.66. The van der Waals surface area contributed by atoms with E-state index in [1.807, 2.05) is 32.2 Å². The van der Waals surface area contributed by atoms with Gasteiger partial charge in [-0.15, -0.1) is 0 Å². The number of nitrogens with two attached hydrogens (primary N) is 1. The van der Waals surface area contributed by atoms with E-state index in [1.54, 1.807) is 12.5 Å². The van der Waals surface area contributed by atoms with Gasteiger partial charge in [0.25, 0.3) is 0 Å². The van der Waals surface area contributed by atoms with Crippen LogP contribution in [-0.4, -0.2) is 18.5 Å². The van der Waals surface area contributed by atoms with Crippen molar-refractivity contribution in [3.05, 3.63) is 47.8 Å². The summed E-state index contributed by atoms with van der Waals surface area (Å²) in [6, 6.07) is 6.06. The van der Waals surface area contributed by atoms with E-state index in [2.05, 4.69) is 4.90 Å². The largest absolute Gasteiger partial charge is 0.472 e. The van der Waals surface area contributed by atoms with E-state index in [0.717, 1.165) is 23.6 Å². The van der Waals surface area contributed by atoms with Gasteiger partial charge >= 0.3 is 0 Å². The van der Waals surface area contributed by atoms with Gasteiger partial charge in [0.1, 0.15) is 11.5 Å². The van der Waals surface area contributed by atoms with Gasteiger partial charge < -0.3 is 14.6 Å². The first-order valence-corrected chi connectivity index (χ1v) is 5.68. The molecule has 92 valence electrons. The third-order valence-corrected chi connectivity index (χ3v) is 2.88. The highest BCUT2D eigenvalue weighted by atomic mass is 16.3. The topological polar surface area (TPSA) is 55.5 Å². The number of likely N-dealkylation sites (N-methyl/N-ethyl adjacent to an activating group) is 1. The Morgan fingerprint density at radius 3 is 2.71 bits per heavy atom. The van der Waals surface area contributed by atoms with Gasteiger partial charge in [-0.2, -0.15) is 0 Å². The van der Waals surface area contributed by atoms with Crippen molar-refractivity contribution in [2.45, 2.75) is 19.5 Å². The molecule has 2 rings (SSSR count). The highest BCUT2D eigenvalue weighted by molar-refractivity contribution is 5.13. The molecule has 2 aromatic rings. The van der Waals surface area contributed by atoms with Crippen LogP contribution in [0.3, 0.4) is 0 Å². The van der Waals surface area contributed by atoms with Crippen LogP contribution in [0.5, 0.6) is 0 Å². The van der Waals surface area contributed by atoms with E-state index >= 15 is 0 Å². The number of furan rings is 2. The third-order valence-electron chi connectivity index (χ3n) is 2.88. The van der Waals surface area contributed by atoms with Gasteiger partial charge in [0.05, 0.1) is 25.1 Å². The van der Waals surface area contributed by atoms with Crippen LogP contribution in [0.15, 0.2) is 39.6 Å². The minimum absolute atomic E-state index is 0.152. The molecule has 4 heteroatoms. The van der Waals surface area contributed by atoms with E-state index in [1.165, 1.54) is 0 Å². The molecule has 4 nitrogen and oxygen atoms in total. The van der Waals surface area contributed by atoms with Crippen molar-refractivity contribution < 1.29 is 8.83 Å². The molecular weight excluding hydrogens is 216 g/mol. The molecule has 2 aromatic heterocycles. The summed E-state index contributed by atoms with van der Waals surface area (Å²) in [6.07, 6.45) is 3.41. The second kappa shape index (κ2) is 5.21. The van der Waals surface area contributed by atoms with Crippen molar-refractivity contribution in [1.29, 1.82) is 0 Å². The zero-order chi connectivity index (χ0) is 12.3. The Morgan fingerprint density at radius 1 is 1.35 bits per heavy atom. The van der Waals surface area contributed by atoms with Crippen LogP contribution in [0.25, 0.3) is 0 Å². The molecule has 0 spiro atoms. The zero-order valence-corrected chi connectivity index (χ0v) is 10.2. The predicted molar refractivity (Wildman–Crippen MR) is 65.4 cm³/mol. The lowest BCUT2D eigenvalue weighted by Crippen LogP contribution is -2.29. The van der Waals surface area contributed by atoms with Gasteiger partial charge in [0.15, 0.2) is 0 Å². The third kappa shape index (κ3) is 2.78. The maximum absolute atomic E-state index is 5.81. The van der Waals surface area contributed by atoms with E-state index in [4.69, 9.17) is 14.6 Å². The Hall–Kier alpha value is -1.52. The lowest BCUT2D eigenvalue weighted by molar-refractivity contribution is 0.221. The summed E-state index contributed by atoms with van der Waals surface area (Å²) in [5, 5.41) is 0. The molecule has 2 heterocycles. The molecule has 1 atom stereocenters. The van der Waals surface area contributed by atoms with Crippen LogP contribution in [0, 0.1) is 6.92 Å². The molecule has 1 unspecified atom stereocenters. The number of hydrogen-bond acceptors (Lipinski definition) is 4. The normalized spacial score (nSPS) is 13.2. The zero-order valence-electron chi connectivity index (χ0n) is 10.2. The Bertz CT molecular complexity index is 448. The lowest BCUT2D eigenvalue weighted by atomic mass is 10.1. The fourth-order valence-corrected chi connectivity index (χ4v) is 1.96. The van der Waals surface area contributed by atoms with Crippen molar-refractivity contribution in [2.75, 3.05) is 13.6 Å². The first kappa shape index (κ1) is 12.0. The SMILES string of the molecule is Cc1ccc(CN(C)C(CN)c2ccoc2)o1. The van der Waals surface area contributed by atoms with E-state index in [9.17, 15) is 0 Å². The van der Waals surface area contributed by atoms with Crippen molar-refractivity contribution in [1.82, 2.24) is 4.90 Å². The average Bonchev–Trinajstić information content (AvgIpc) is 2.92. The minimum Gasteiger partial charge on any atom is -0.472 e. The molecule has 0 saturated heterocycles.